The van der Waals surface area contributed by atoms with Crippen LogP contribution in [0.15, 0.2) is 0 Å². The molecule has 0 unspecified atom stereocenters. The number of rotatable bonds is 7. The summed E-state index contributed by atoms with van der Waals surface area (Å²) in [5, 5.41) is 54.6. The molecule has 2 atom stereocenters. The molecule has 0 aliphatic rings. The van der Waals surface area contributed by atoms with Crippen LogP contribution in [0.4, 0.5) is 0 Å². The lowest BCUT2D eigenvalue weighted by atomic mass is 10.3. The van der Waals surface area contributed by atoms with Crippen molar-refractivity contribution in [3.05, 3.63) is 0 Å². The summed E-state index contributed by atoms with van der Waals surface area (Å²) in [6.07, 6.45) is 0. The van der Waals surface area contributed by atoms with Gasteiger partial charge in [-0.1, -0.05) is 0 Å². The van der Waals surface area contributed by atoms with Crippen molar-refractivity contribution in [2.45, 2.75) is 12.1 Å². The van der Waals surface area contributed by atoms with Gasteiger partial charge in [0.1, 0.15) is 12.1 Å². The van der Waals surface area contributed by atoms with E-state index in [9.17, 15) is 24.0 Å². The number of carboxylic acids is 5. The van der Waals surface area contributed by atoms with Crippen molar-refractivity contribution < 1.29 is 59.7 Å². The van der Waals surface area contributed by atoms with Gasteiger partial charge in [-0.3, -0.25) is 24.0 Å². The quantitative estimate of drug-likeness (QED) is 0.177. The molecule has 0 radical (unpaired) electrons. The second-order valence-corrected chi connectivity index (χ2v) is 4.05. The highest BCUT2D eigenvalue weighted by atomic mass is 16.4. The van der Waals surface area contributed by atoms with Gasteiger partial charge in [0.2, 0.25) is 0 Å². The fourth-order valence-corrected chi connectivity index (χ4v) is 0.156. The minimum atomic E-state index is -1.18. The second kappa shape index (κ2) is 27.3. The number of aliphatic hydroxyl groups excluding tert-OH is 2. The van der Waals surface area contributed by atoms with Crippen LogP contribution in [-0.2, 0) is 24.0 Å². The van der Waals surface area contributed by atoms with Crippen LogP contribution in [0, 0.1) is 0 Å². The Labute approximate surface area is 164 Å². The summed E-state index contributed by atoms with van der Waals surface area (Å²) in [6.45, 7) is -1.84. The third-order valence-electron chi connectivity index (χ3n) is 1.55. The predicted molar refractivity (Wildman–Crippen MR) is 95.5 cm³/mol. The van der Waals surface area contributed by atoms with Gasteiger partial charge in [0.05, 0.1) is 32.8 Å². The monoisotopic (exact) mass is 435 g/mol. The molecule has 0 aliphatic heterocycles. The van der Waals surface area contributed by atoms with Crippen molar-refractivity contribution in [2.24, 2.45) is 28.7 Å². The summed E-state index contributed by atoms with van der Waals surface area (Å²) >= 11 is 0. The van der Waals surface area contributed by atoms with Crippen LogP contribution in [0.5, 0.6) is 0 Å². The molecule has 0 heterocycles. The Balaban J connectivity index is -0.0000000836. The van der Waals surface area contributed by atoms with Crippen LogP contribution < -0.4 is 28.7 Å². The molecule has 174 valence electrons. The van der Waals surface area contributed by atoms with Crippen molar-refractivity contribution in [3.63, 3.8) is 0 Å². The Morgan fingerprint density at radius 3 is 0.690 bits per heavy atom. The highest BCUT2D eigenvalue weighted by Crippen LogP contribution is 1.71. The van der Waals surface area contributed by atoms with E-state index < -0.39 is 55.1 Å². The molecule has 0 amide bonds. The van der Waals surface area contributed by atoms with E-state index in [1.165, 1.54) is 0 Å². The highest BCUT2D eigenvalue weighted by Gasteiger charge is 2.07. The summed E-state index contributed by atoms with van der Waals surface area (Å²) in [5.41, 5.74) is 23.2. The van der Waals surface area contributed by atoms with Gasteiger partial charge in [0.15, 0.2) is 0 Å². The molecule has 0 spiro atoms. The Kier molecular flexibility index (Phi) is 34.7. The van der Waals surface area contributed by atoms with Gasteiger partial charge in [-0.15, -0.1) is 0 Å². The average Bonchev–Trinajstić information content (AvgIpc) is 2.67. The molecular formula is C12H29N5O12. The van der Waals surface area contributed by atoms with E-state index in [2.05, 4.69) is 17.2 Å². The highest BCUT2D eigenvalue weighted by molar-refractivity contribution is 5.73. The summed E-state index contributed by atoms with van der Waals surface area (Å²) in [6, 6.07) is -2.25. The first-order valence-electron chi connectivity index (χ1n) is 7.12. The molecule has 0 aromatic rings. The molecule has 17 N–H and O–H groups in total. The van der Waals surface area contributed by atoms with Gasteiger partial charge in [-0.05, 0) is 0 Å². The number of aliphatic carboxylic acids is 5. The van der Waals surface area contributed by atoms with Crippen molar-refractivity contribution in [1.82, 2.24) is 0 Å². The lowest BCUT2D eigenvalue weighted by Crippen LogP contribution is -2.33. The minimum Gasteiger partial charge on any atom is -0.480 e. The zero-order valence-corrected chi connectivity index (χ0v) is 15.2. The van der Waals surface area contributed by atoms with E-state index in [1.807, 2.05) is 0 Å². The molecule has 0 aromatic carbocycles. The van der Waals surface area contributed by atoms with Crippen molar-refractivity contribution in [3.8, 4) is 0 Å². The maximum absolute atomic E-state index is 9.65. The Hall–Kier alpha value is -2.93. The van der Waals surface area contributed by atoms with Crippen molar-refractivity contribution in [1.29, 1.82) is 0 Å². The maximum atomic E-state index is 9.65. The Morgan fingerprint density at radius 2 is 0.690 bits per heavy atom. The first-order chi connectivity index (χ1) is 13.2. The first kappa shape index (κ1) is 36.9. The summed E-state index contributed by atoms with van der Waals surface area (Å²) in [4.78, 5) is 47.0. The number of aliphatic hydroxyl groups is 2. The fraction of sp³-hybridized carbons (Fsp3) is 0.583. The standard InChI is InChI=1S/2C3H7NO3.3C2H5NO2/c2*4-2(1-5)3(6)7;3*3-1-2(4)5/h2*2,5H,1,4H2,(H,6,7);3*1,3H2,(H,4,5)/t2*2-;;;/m00.../s1. The van der Waals surface area contributed by atoms with Crippen molar-refractivity contribution in [2.75, 3.05) is 32.8 Å². The molecular weight excluding hydrogens is 406 g/mol. The Bertz CT molecular complexity index is 409. The van der Waals surface area contributed by atoms with Crippen molar-refractivity contribution >= 4 is 29.8 Å². The number of carbonyl (C=O) groups is 5. The van der Waals surface area contributed by atoms with Crippen LogP contribution >= 0.6 is 0 Å². The summed E-state index contributed by atoms with van der Waals surface area (Å²) < 4.78 is 0. The average molecular weight is 435 g/mol. The van der Waals surface area contributed by atoms with E-state index in [4.69, 9.17) is 47.2 Å². The predicted octanol–water partition coefficient (Wildman–Crippen LogP) is -6.13. The van der Waals surface area contributed by atoms with E-state index in [1.54, 1.807) is 0 Å². The van der Waals surface area contributed by atoms with Gasteiger partial charge in [-0.2, -0.15) is 0 Å². The number of carboxylic acid groups (broad SMARTS) is 5. The lowest BCUT2D eigenvalue weighted by molar-refractivity contribution is -0.140. The summed E-state index contributed by atoms with van der Waals surface area (Å²) in [7, 11) is 0. The first-order valence-corrected chi connectivity index (χ1v) is 7.12. The molecule has 0 saturated carbocycles. The van der Waals surface area contributed by atoms with Gasteiger partial charge < -0.3 is 64.4 Å². The normalized spacial score (nSPS) is 10.3. The topological polar surface area (TPSA) is 357 Å². The second-order valence-electron chi connectivity index (χ2n) is 4.05. The fourth-order valence-electron chi connectivity index (χ4n) is 0.156. The molecule has 17 heteroatoms. The molecule has 0 rings (SSSR count). The third kappa shape index (κ3) is 58.8. The van der Waals surface area contributed by atoms with Gasteiger partial charge in [-0.25, -0.2) is 0 Å². The largest absolute Gasteiger partial charge is 0.480 e. The molecule has 29 heavy (non-hydrogen) atoms. The molecule has 17 nitrogen and oxygen atoms in total. The number of hydrogen-bond acceptors (Lipinski definition) is 12. The van der Waals surface area contributed by atoms with Gasteiger partial charge in [0.25, 0.3) is 0 Å². The van der Waals surface area contributed by atoms with Crippen LogP contribution in [0.3, 0.4) is 0 Å². The SMILES string of the molecule is NCC(=O)O.NCC(=O)O.NCC(=O)O.N[C@@H](CO)C(=O)O.N[C@@H](CO)C(=O)O. The van der Waals surface area contributed by atoms with E-state index in [0.29, 0.717) is 0 Å². The zero-order chi connectivity index (χ0) is 24.6. The molecule has 0 saturated heterocycles. The van der Waals surface area contributed by atoms with E-state index >= 15 is 0 Å². The lowest BCUT2D eigenvalue weighted by Gasteiger charge is -1.96. The molecule has 0 fully saturated rings. The third-order valence-corrected chi connectivity index (χ3v) is 1.55. The zero-order valence-electron chi connectivity index (χ0n) is 15.2. The molecule has 0 bridgehead atoms. The van der Waals surface area contributed by atoms with Crippen LogP contribution in [-0.4, -0.2) is 111 Å². The molecule has 0 aromatic heterocycles. The number of hydrogen-bond donors (Lipinski definition) is 12. The minimum absolute atomic E-state index is 0.278. The Morgan fingerprint density at radius 1 is 0.552 bits per heavy atom. The van der Waals surface area contributed by atoms with Gasteiger partial charge >= 0.3 is 29.8 Å². The summed E-state index contributed by atoms with van der Waals surface area (Å²) in [5.74, 6) is -5.26. The van der Waals surface area contributed by atoms with E-state index in [-0.39, 0.29) is 19.6 Å². The van der Waals surface area contributed by atoms with Crippen LogP contribution in [0.2, 0.25) is 0 Å². The maximum Gasteiger partial charge on any atom is 0.322 e. The van der Waals surface area contributed by atoms with E-state index in [0.717, 1.165) is 0 Å². The van der Waals surface area contributed by atoms with Crippen LogP contribution in [0.25, 0.3) is 0 Å². The molecule has 0 aliphatic carbocycles. The number of nitrogens with two attached hydrogens (primary N) is 5. The van der Waals surface area contributed by atoms with Gasteiger partial charge in [0, 0.05) is 0 Å². The smallest absolute Gasteiger partial charge is 0.322 e. The van der Waals surface area contributed by atoms with Crippen LogP contribution in [0.1, 0.15) is 0 Å².